The van der Waals surface area contributed by atoms with E-state index >= 15 is 0 Å². The highest BCUT2D eigenvalue weighted by Gasteiger charge is 2.09. The van der Waals surface area contributed by atoms with Crippen LogP contribution in [-0.2, 0) is 11.3 Å². The summed E-state index contributed by atoms with van der Waals surface area (Å²) in [5.74, 6) is 0. The van der Waals surface area contributed by atoms with Gasteiger partial charge >= 0.3 is 6.09 Å². The quantitative estimate of drug-likeness (QED) is 0.718. The van der Waals surface area contributed by atoms with Crippen LogP contribution in [0.15, 0.2) is 23.0 Å². The summed E-state index contributed by atoms with van der Waals surface area (Å²) in [6.07, 6.45) is 2.87. The third kappa shape index (κ3) is 2.82. The van der Waals surface area contributed by atoms with Crippen molar-refractivity contribution in [3.8, 4) is 0 Å². The summed E-state index contributed by atoms with van der Waals surface area (Å²) >= 11 is 0. The lowest BCUT2D eigenvalue weighted by Crippen LogP contribution is -2.26. The summed E-state index contributed by atoms with van der Waals surface area (Å²) in [6, 6.07) is 1.82. The van der Waals surface area contributed by atoms with E-state index in [1.54, 1.807) is 26.5 Å². The minimum absolute atomic E-state index is 0.316. The van der Waals surface area contributed by atoms with Gasteiger partial charge in [0.2, 0.25) is 0 Å². The van der Waals surface area contributed by atoms with Crippen molar-refractivity contribution in [2.24, 2.45) is 0 Å². The molecule has 0 unspecified atom stereocenters. The molecule has 0 saturated heterocycles. The lowest BCUT2D eigenvalue weighted by Gasteiger charge is -2.14. The molecule has 0 fully saturated rings. The van der Waals surface area contributed by atoms with Gasteiger partial charge in [-0.25, -0.2) is 4.79 Å². The predicted molar refractivity (Wildman–Crippen MR) is 47.2 cm³/mol. The van der Waals surface area contributed by atoms with Crippen molar-refractivity contribution in [3.63, 3.8) is 0 Å². The molecule has 0 atom stereocenters. The minimum atomic E-state index is -0.316. The molecule has 1 heterocycles. The van der Waals surface area contributed by atoms with Gasteiger partial charge in [-0.1, -0.05) is 0 Å². The molecule has 72 valence electrons. The van der Waals surface area contributed by atoms with Crippen LogP contribution in [0.25, 0.3) is 0 Å². The second-order valence-corrected chi connectivity index (χ2v) is 2.69. The molecule has 0 aliphatic carbocycles. The van der Waals surface area contributed by atoms with Crippen LogP contribution < -0.4 is 0 Å². The van der Waals surface area contributed by atoms with Crippen LogP contribution in [0.4, 0.5) is 4.79 Å². The fraction of sp³-hybridized carbons (Fsp3) is 0.444. The summed E-state index contributed by atoms with van der Waals surface area (Å²) in [5, 5.41) is 0. The van der Waals surface area contributed by atoms with Gasteiger partial charge in [0.25, 0.3) is 0 Å². The smallest absolute Gasteiger partial charge is 0.409 e. The van der Waals surface area contributed by atoms with Gasteiger partial charge in [0.1, 0.15) is 0 Å². The van der Waals surface area contributed by atoms with Gasteiger partial charge in [-0.05, 0) is 13.0 Å². The van der Waals surface area contributed by atoms with Crippen LogP contribution >= 0.6 is 0 Å². The van der Waals surface area contributed by atoms with Gasteiger partial charge in [0.05, 0.1) is 25.7 Å². The van der Waals surface area contributed by atoms with Gasteiger partial charge in [-0.2, -0.15) is 0 Å². The number of hydrogen-bond donors (Lipinski definition) is 0. The number of amides is 1. The predicted octanol–water partition coefficient (Wildman–Crippen LogP) is 1.87. The number of ether oxygens (including phenoxy) is 1. The number of nitrogens with zero attached hydrogens (tertiary/aromatic N) is 1. The largest absolute Gasteiger partial charge is 0.472 e. The lowest BCUT2D eigenvalue weighted by molar-refractivity contribution is 0.114. The molecule has 0 N–H and O–H groups in total. The topological polar surface area (TPSA) is 42.7 Å². The molecule has 4 heteroatoms. The minimum Gasteiger partial charge on any atom is -0.472 e. The Hall–Kier alpha value is -1.45. The van der Waals surface area contributed by atoms with E-state index in [9.17, 15) is 4.79 Å². The second-order valence-electron chi connectivity index (χ2n) is 2.69. The first-order valence-corrected chi connectivity index (χ1v) is 4.13. The standard InChI is InChI=1S/C9H13NO3/c1-3-13-9(11)10(2)6-8-4-5-12-7-8/h4-5,7H,3,6H2,1-2H3. The van der Waals surface area contributed by atoms with E-state index in [-0.39, 0.29) is 6.09 Å². The molecule has 1 aromatic rings. The Bertz CT molecular complexity index is 256. The molecule has 0 saturated carbocycles. The number of furan rings is 1. The zero-order valence-electron chi connectivity index (χ0n) is 7.82. The van der Waals surface area contributed by atoms with Crippen molar-refractivity contribution >= 4 is 6.09 Å². The van der Waals surface area contributed by atoms with Crippen molar-refractivity contribution in [1.82, 2.24) is 4.90 Å². The molecule has 0 spiro atoms. The summed E-state index contributed by atoms with van der Waals surface area (Å²) in [6.45, 7) is 2.69. The van der Waals surface area contributed by atoms with E-state index in [0.29, 0.717) is 13.2 Å². The van der Waals surface area contributed by atoms with Crippen LogP contribution in [0, 0.1) is 0 Å². The molecule has 13 heavy (non-hydrogen) atoms. The van der Waals surface area contributed by atoms with Gasteiger partial charge in [0.15, 0.2) is 0 Å². The fourth-order valence-corrected chi connectivity index (χ4v) is 0.955. The normalized spacial score (nSPS) is 9.69. The van der Waals surface area contributed by atoms with Crippen LogP contribution in [0.1, 0.15) is 12.5 Å². The number of carbonyl (C=O) groups excluding carboxylic acids is 1. The monoisotopic (exact) mass is 183 g/mol. The highest BCUT2D eigenvalue weighted by Crippen LogP contribution is 2.04. The maximum Gasteiger partial charge on any atom is 0.409 e. The van der Waals surface area contributed by atoms with Gasteiger partial charge in [-0.3, -0.25) is 0 Å². The van der Waals surface area contributed by atoms with E-state index < -0.39 is 0 Å². The van der Waals surface area contributed by atoms with E-state index in [2.05, 4.69) is 0 Å². The maximum absolute atomic E-state index is 11.1. The zero-order chi connectivity index (χ0) is 9.68. The first-order valence-electron chi connectivity index (χ1n) is 4.13. The Balaban J connectivity index is 2.41. The van der Waals surface area contributed by atoms with Crippen molar-refractivity contribution in [1.29, 1.82) is 0 Å². The zero-order valence-corrected chi connectivity index (χ0v) is 7.82. The lowest BCUT2D eigenvalue weighted by atomic mass is 10.3. The average Bonchev–Trinajstić information content (AvgIpc) is 2.57. The molecule has 1 aromatic heterocycles. The maximum atomic E-state index is 11.1. The fourth-order valence-electron chi connectivity index (χ4n) is 0.955. The first kappa shape index (κ1) is 9.64. The number of carbonyl (C=O) groups is 1. The van der Waals surface area contributed by atoms with E-state index in [1.807, 2.05) is 6.07 Å². The summed E-state index contributed by atoms with van der Waals surface area (Å²) in [7, 11) is 1.69. The first-order chi connectivity index (χ1) is 6.24. The Kier molecular flexibility index (Phi) is 3.37. The summed E-state index contributed by atoms with van der Waals surface area (Å²) < 4.78 is 9.69. The van der Waals surface area contributed by atoms with Crippen LogP contribution in [0.3, 0.4) is 0 Å². The third-order valence-corrected chi connectivity index (χ3v) is 1.58. The van der Waals surface area contributed by atoms with E-state index in [1.165, 1.54) is 4.90 Å². The SMILES string of the molecule is CCOC(=O)N(C)Cc1ccoc1. The molecule has 1 rings (SSSR count). The molecular formula is C9H13NO3. The summed E-state index contributed by atoms with van der Waals surface area (Å²) in [5.41, 5.74) is 0.954. The Morgan fingerprint density at radius 3 is 3.00 bits per heavy atom. The van der Waals surface area contributed by atoms with E-state index in [4.69, 9.17) is 9.15 Å². The third-order valence-electron chi connectivity index (χ3n) is 1.58. The number of rotatable bonds is 3. The molecule has 0 bridgehead atoms. The Labute approximate surface area is 77.1 Å². The summed E-state index contributed by atoms with van der Waals surface area (Å²) in [4.78, 5) is 12.6. The van der Waals surface area contributed by atoms with Crippen molar-refractivity contribution in [3.05, 3.63) is 24.2 Å². The molecule has 0 aliphatic heterocycles. The Morgan fingerprint density at radius 2 is 2.46 bits per heavy atom. The molecule has 4 nitrogen and oxygen atoms in total. The van der Waals surface area contributed by atoms with Crippen LogP contribution in [0.5, 0.6) is 0 Å². The van der Waals surface area contributed by atoms with Gasteiger partial charge in [0, 0.05) is 12.6 Å². The Morgan fingerprint density at radius 1 is 1.69 bits per heavy atom. The highest BCUT2D eigenvalue weighted by atomic mass is 16.5. The molecular weight excluding hydrogens is 170 g/mol. The highest BCUT2D eigenvalue weighted by molar-refractivity contribution is 5.67. The van der Waals surface area contributed by atoms with Crippen molar-refractivity contribution in [2.45, 2.75) is 13.5 Å². The second kappa shape index (κ2) is 4.54. The van der Waals surface area contributed by atoms with E-state index in [0.717, 1.165) is 5.56 Å². The average molecular weight is 183 g/mol. The molecule has 0 radical (unpaired) electrons. The van der Waals surface area contributed by atoms with Crippen molar-refractivity contribution in [2.75, 3.05) is 13.7 Å². The number of hydrogen-bond acceptors (Lipinski definition) is 3. The molecule has 0 aromatic carbocycles. The van der Waals surface area contributed by atoms with Crippen LogP contribution in [0.2, 0.25) is 0 Å². The molecule has 0 aliphatic rings. The van der Waals surface area contributed by atoms with Gasteiger partial charge < -0.3 is 14.1 Å². The van der Waals surface area contributed by atoms with Crippen molar-refractivity contribution < 1.29 is 13.9 Å². The molecule has 1 amide bonds. The van der Waals surface area contributed by atoms with Crippen LogP contribution in [-0.4, -0.2) is 24.6 Å². The van der Waals surface area contributed by atoms with Gasteiger partial charge in [-0.15, -0.1) is 0 Å².